The smallest absolute Gasteiger partial charge is 0.184 e. The SMILES string of the molecule is C[C@@H]1C(O)[C@@H](OC2C(O)C(O[C@H]3O[C@H](CNCC(O)CO)CCC3N)[C@@H](N)C[C@H]2NC(=N)C2(O)CC2)OCC1(C)O. The second-order valence-electron chi connectivity index (χ2n) is 12.4. The molecule has 13 N–H and O–H groups in total. The van der Waals surface area contributed by atoms with Crippen molar-refractivity contribution in [3.05, 3.63) is 0 Å². The zero-order valence-electron chi connectivity index (χ0n) is 23.8. The van der Waals surface area contributed by atoms with E-state index in [0.29, 0.717) is 32.2 Å². The van der Waals surface area contributed by atoms with Crippen molar-refractivity contribution >= 4 is 5.84 Å². The zero-order valence-corrected chi connectivity index (χ0v) is 23.8. The van der Waals surface area contributed by atoms with E-state index in [1.165, 1.54) is 0 Å². The van der Waals surface area contributed by atoms with Gasteiger partial charge in [0.1, 0.15) is 35.9 Å². The summed E-state index contributed by atoms with van der Waals surface area (Å²) in [7, 11) is 0. The molecule has 4 fully saturated rings. The van der Waals surface area contributed by atoms with Gasteiger partial charge in [0.15, 0.2) is 12.6 Å². The van der Waals surface area contributed by atoms with Crippen LogP contribution in [0.15, 0.2) is 0 Å². The van der Waals surface area contributed by atoms with Crippen LogP contribution in [-0.4, -0.2) is 141 Å². The average Bonchev–Trinajstić information content (AvgIpc) is 3.68. The molecule has 0 spiro atoms. The number of amidine groups is 1. The number of aliphatic hydroxyl groups excluding tert-OH is 4. The topological polar surface area (TPSA) is 258 Å². The molecule has 7 unspecified atom stereocenters. The molecule has 0 amide bonds. The second kappa shape index (κ2) is 13.3. The van der Waals surface area contributed by atoms with E-state index >= 15 is 0 Å². The highest BCUT2D eigenvalue weighted by Gasteiger charge is 2.53. The molecule has 13 atom stereocenters. The lowest BCUT2D eigenvalue weighted by Crippen LogP contribution is -2.68. The standard InChI is InChI=1S/C26H49N5O10/c1-12-18(34)23(38-11-25(12,2)36)41-21-17(31-24(29)26(37)5-6-26)7-16(28)20(19(21)35)40-22-15(27)4-3-14(39-22)9-30-8-13(33)10-32/h12-23,30,32-37H,3-11,27-28H2,1-2H3,(H2,29,31)/t12-,13?,14+,15?,16+,17-,18?,19?,20?,21?,22-,23-,25?/m1/s1. The van der Waals surface area contributed by atoms with Gasteiger partial charge in [-0.1, -0.05) is 6.92 Å². The van der Waals surface area contributed by atoms with E-state index in [4.69, 9.17) is 40.9 Å². The number of ether oxygens (including phenoxy) is 4. The van der Waals surface area contributed by atoms with Gasteiger partial charge in [-0.3, -0.25) is 5.41 Å². The summed E-state index contributed by atoms with van der Waals surface area (Å²) in [6.45, 7) is 3.37. The zero-order chi connectivity index (χ0) is 30.1. The van der Waals surface area contributed by atoms with Crippen LogP contribution in [0.5, 0.6) is 0 Å². The van der Waals surface area contributed by atoms with Crippen molar-refractivity contribution in [2.24, 2.45) is 17.4 Å². The van der Waals surface area contributed by atoms with Gasteiger partial charge in [-0.15, -0.1) is 0 Å². The van der Waals surface area contributed by atoms with E-state index in [0.717, 1.165) is 0 Å². The average molecular weight is 592 g/mol. The van der Waals surface area contributed by atoms with Crippen LogP contribution in [0.3, 0.4) is 0 Å². The van der Waals surface area contributed by atoms with Gasteiger partial charge >= 0.3 is 0 Å². The quantitative estimate of drug-likeness (QED) is 0.0813. The van der Waals surface area contributed by atoms with Crippen molar-refractivity contribution in [2.75, 3.05) is 26.3 Å². The first-order chi connectivity index (χ1) is 19.3. The van der Waals surface area contributed by atoms with Crippen molar-refractivity contribution < 1.29 is 49.6 Å². The van der Waals surface area contributed by atoms with Crippen LogP contribution in [0.25, 0.3) is 0 Å². The Morgan fingerprint density at radius 2 is 1.76 bits per heavy atom. The number of nitrogens with one attached hydrogen (secondary N) is 3. The maximum Gasteiger partial charge on any atom is 0.184 e. The lowest BCUT2D eigenvalue weighted by molar-refractivity contribution is -0.313. The van der Waals surface area contributed by atoms with Crippen LogP contribution in [0.2, 0.25) is 0 Å². The normalized spacial score (nSPS) is 45.2. The fourth-order valence-electron chi connectivity index (χ4n) is 5.57. The maximum absolute atomic E-state index is 11.5. The Bertz CT molecular complexity index is 882. The van der Waals surface area contributed by atoms with E-state index < -0.39 is 78.3 Å². The first kappa shape index (κ1) is 32.9. The lowest BCUT2D eigenvalue weighted by atomic mass is 9.82. The van der Waals surface area contributed by atoms with Gasteiger partial charge in [-0.25, -0.2) is 0 Å². The molecule has 15 heteroatoms. The maximum atomic E-state index is 11.5. The predicted molar refractivity (Wildman–Crippen MR) is 145 cm³/mol. The fraction of sp³-hybridized carbons (Fsp3) is 0.962. The van der Waals surface area contributed by atoms with Gasteiger partial charge in [-0.2, -0.15) is 0 Å². The summed E-state index contributed by atoms with van der Waals surface area (Å²) in [5, 5.41) is 76.2. The van der Waals surface area contributed by atoms with Crippen molar-refractivity contribution in [3.8, 4) is 0 Å². The number of rotatable bonds is 11. The largest absolute Gasteiger partial charge is 0.394 e. The Balaban J connectivity index is 1.45. The van der Waals surface area contributed by atoms with Gasteiger partial charge in [0.05, 0.1) is 43.1 Å². The van der Waals surface area contributed by atoms with Crippen molar-refractivity contribution in [3.63, 3.8) is 0 Å². The Kier molecular flexibility index (Phi) is 10.7. The second-order valence-corrected chi connectivity index (χ2v) is 12.4. The molecule has 0 radical (unpaired) electrons. The molecule has 2 aliphatic carbocycles. The van der Waals surface area contributed by atoms with Gasteiger partial charge < -0.3 is 71.7 Å². The molecule has 2 saturated carbocycles. The number of hydrogen-bond donors (Lipinski definition) is 11. The van der Waals surface area contributed by atoms with Gasteiger partial charge in [0.25, 0.3) is 0 Å². The van der Waals surface area contributed by atoms with Crippen molar-refractivity contribution in [2.45, 2.75) is 124 Å². The lowest BCUT2D eigenvalue weighted by Gasteiger charge is -2.49. The number of nitrogens with two attached hydrogens (primary N) is 2. The summed E-state index contributed by atoms with van der Waals surface area (Å²) in [5.74, 6) is -0.693. The third kappa shape index (κ3) is 7.73. The van der Waals surface area contributed by atoms with Gasteiger partial charge in [0, 0.05) is 25.0 Å². The van der Waals surface area contributed by atoms with Crippen molar-refractivity contribution in [1.82, 2.24) is 10.6 Å². The van der Waals surface area contributed by atoms with Crippen LogP contribution in [0.1, 0.15) is 46.0 Å². The summed E-state index contributed by atoms with van der Waals surface area (Å²) in [5.41, 5.74) is 10.3. The molecule has 4 aliphatic rings. The summed E-state index contributed by atoms with van der Waals surface area (Å²) >= 11 is 0. The Morgan fingerprint density at radius 1 is 1.07 bits per heavy atom. The van der Waals surface area contributed by atoms with E-state index in [9.17, 15) is 25.5 Å². The molecular formula is C26H49N5O10. The van der Waals surface area contributed by atoms with Crippen LogP contribution in [-0.2, 0) is 18.9 Å². The first-order valence-corrected chi connectivity index (χ1v) is 14.5. The molecule has 238 valence electrons. The molecule has 41 heavy (non-hydrogen) atoms. The summed E-state index contributed by atoms with van der Waals surface area (Å²) in [6, 6.07) is -1.94. The fourth-order valence-corrected chi connectivity index (χ4v) is 5.57. The molecule has 0 aromatic heterocycles. The highest BCUT2D eigenvalue weighted by Crippen LogP contribution is 2.37. The highest BCUT2D eigenvalue weighted by atomic mass is 16.7. The Morgan fingerprint density at radius 3 is 2.41 bits per heavy atom. The molecular weight excluding hydrogens is 542 g/mol. The molecule has 0 aromatic rings. The Labute approximate surface area is 240 Å². The first-order valence-electron chi connectivity index (χ1n) is 14.5. The molecule has 2 heterocycles. The minimum atomic E-state index is -1.36. The van der Waals surface area contributed by atoms with Crippen LogP contribution < -0.4 is 22.1 Å². The molecule has 2 aliphatic heterocycles. The number of hydrogen-bond acceptors (Lipinski definition) is 14. The summed E-state index contributed by atoms with van der Waals surface area (Å²) in [4.78, 5) is 0. The highest BCUT2D eigenvalue weighted by molar-refractivity contribution is 5.90. The number of aliphatic hydroxyl groups is 6. The third-order valence-corrected chi connectivity index (χ3v) is 8.89. The van der Waals surface area contributed by atoms with Crippen molar-refractivity contribution in [1.29, 1.82) is 5.41 Å². The predicted octanol–water partition coefficient (Wildman–Crippen LogP) is -3.81. The Hall–Kier alpha value is -1.05. The minimum absolute atomic E-state index is 0.0959. The monoisotopic (exact) mass is 591 g/mol. The summed E-state index contributed by atoms with van der Waals surface area (Å²) < 4.78 is 24.0. The van der Waals surface area contributed by atoms with Crippen LogP contribution in [0, 0.1) is 11.3 Å². The van der Waals surface area contributed by atoms with E-state index in [2.05, 4.69) is 10.6 Å². The molecule has 15 nitrogen and oxygen atoms in total. The van der Waals surface area contributed by atoms with Crippen LogP contribution in [0.4, 0.5) is 0 Å². The summed E-state index contributed by atoms with van der Waals surface area (Å²) in [6.07, 6.45) is -5.58. The van der Waals surface area contributed by atoms with Crippen LogP contribution >= 0.6 is 0 Å². The third-order valence-electron chi connectivity index (χ3n) is 8.89. The van der Waals surface area contributed by atoms with E-state index in [1.807, 2.05) is 0 Å². The molecule has 2 saturated heterocycles. The van der Waals surface area contributed by atoms with E-state index in [1.54, 1.807) is 13.8 Å². The molecule has 0 aromatic carbocycles. The molecule has 0 bridgehead atoms. The minimum Gasteiger partial charge on any atom is -0.394 e. The molecule has 4 rings (SSSR count). The van der Waals surface area contributed by atoms with Gasteiger partial charge in [0.2, 0.25) is 0 Å². The van der Waals surface area contributed by atoms with E-state index in [-0.39, 0.29) is 38.1 Å². The van der Waals surface area contributed by atoms with Gasteiger partial charge in [-0.05, 0) is 39.0 Å².